The zero-order valence-corrected chi connectivity index (χ0v) is 7.33. The summed E-state index contributed by atoms with van der Waals surface area (Å²) in [6, 6.07) is 11.9. The van der Waals surface area contributed by atoms with Crippen molar-refractivity contribution < 1.29 is 4.39 Å². The Morgan fingerprint density at radius 2 is 1.71 bits per heavy atom. The van der Waals surface area contributed by atoms with Crippen molar-refractivity contribution in [3.8, 4) is 11.1 Å². The van der Waals surface area contributed by atoms with Crippen molar-refractivity contribution in [3.05, 3.63) is 58.8 Å². The molecule has 14 heavy (non-hydrogen) atoms. The van der Waals surface area contributed by atoms with Crippen LogP contribution in [0.2, 0.25) is 0 Å². The van der Waals surface area contributed by atoms with Crippen molar-refractivity contribution in [2.45, 2.75) is 0 Å². The van der Waals surface area contributed by atoms with Gasteiger partial charge in [0.25, 0.3) is 0 Å². The molecule has 1 aromatic carbocycles. The average Bonchev–Trinajstić information content (AvgIpc) is 2.19. The summed E-state index contributed by atoms with van der Waals surface area (Å²) >= 11 is 0. The molecule has 1 heterocycles. The second-order valence-electron chi connectivity index (χ2n) is 2.92. The number of hydrogen-bond donors (Lipinski definition) is 1. The van der Waals surface area contributed by atoms with E-state index in [-0.39, 0.29) is 0 Å². The molecule has 2 rings (SSSR count). The van der Waals surface area contributed by atoms with Gasteiger partial charge < -0.3 is 0 Å². The largest absolute Gasteiger partial charge is 0.298 e. The fourth-order valence-electron chi connectivity index (χ4n) is 1.29. The number of hydrogen-bond acceptors (Lipinski definition) is 1. The van der Waals surface area contributed by atoms with Crippen LogP contribution in [0.5, 0.6) is 0 Å². The first-order valence-corrected chi connectivity index (χ1v) is 4.21. The molecule has 2 aromatic rings. The Morgan fingerprint density at radius 1 is 1.00 bits per heavy atom. The van der Waals surface area contributed by atoms with Gasteiger partial charge in [0.1, 0.15) is 0 Å². The van der Waals surface area contributed by atoms with Crippen molar-refractivity contribution in [1.82, 2.24) is 4.98 Å². The molecular weight excluding hydrogens is 181 g/mol. The van der Waals surface area contributed by atoms with E-state index in [2.05, 4.69) is 4.98 Å². The van der Waals surface area contributed by atoms with Gasteiger partial charge in [-0.15, -0.1) is 0 Å². The van der Waals surface area contributed by atoms with Gasteiger partial charge in [-0.1, -0.05) is 30.3 Å². The number of nitrogens with one attached hydrogen (secondary N) is 1. The first-order chi connectivity index (χ1) is 6.77. The third-order valence-corrected chi connectivity index (χ3v) is 1.96. The number of benzene rings is 1. The quantitative estimate of drug-likeness (QED) is 0.685. The molecule has 0 aliphatic carbocycles. The third kappa shape index (κ3) is 1.57. The summed E-state index contributed by atoms with van der Waals surface area (Å²) in [6.45, 7) is 0. The van der Waals surface area contributed by atoms with Crippen LogP contribution in [0.4, 0.5) is 4.39 Å². The number of halogens is 1. The third-order valence-electron chi connectivity index (χ3n) is 1.96. The lowest BCUT2D eigenvalue weighted by Crippen LogP contribution is -2.06. The maximum absolute atomic E-state index is 13.3. The smallest absolute Gasteiger partial charge is 0.250 e. The van der Waals surface area contributed by atoms with Gasteiger partial charge in [0.2, 0.25) is 11.5 Å². The van der Waals surface area contributed by atoms with Crippen molar-refractivity contribution in [3.63, 3.8) is 0 Å². The van der Waals surface area contributed by atoms with Gasteiger partial charge in [0.15, 0.2) is 0 Å². The van der Waals surface area contributed by atoms with Crippen LogP contribution in [-0.4, -0.2) is 4.98 Å². The van der Waals surface area contributed by atoms with Crippen LogP contribution in [0, 0.1) is 5.95 Å². The monoisotopic (exact) mass is 189 g/mol. The molecule has 0 saturated carbocycles. The van der Waals surface area contributed by atoms with Crippen LogP contribution in [0.25, 0.3) is 11.1 Å². The SMILES string of the molecule is O=c1ccc(-c2ccccc2)c(F)[nH]1. The summed E-state index contributed by atoms with van der Waals surface area (Å²) in [4.78, 5) is 12.9. The molecule has 0 amide bonds. The van der Waals surface area contributed by atoms with E-state index < -0.39 is 11.5 Å². The standard InChI is InChI=1S/C11H8FNO/c12-11-9(6-7-10(14)13-11)8-4-2-1-3-5-8/h1-7H,(H,13,14). The van der Waals surface area contributed by atoms with Crippen molar-refractivity contribution in [1.29, 1.82) is 0 Å². The highest BCUT2D eigenvalue weighted by molar-refractivity contribution is 5.62. The van der Waals surface area contributed by atoms with Crippen LogP contribution in [0.15, 0.2) is 47.3 Å². The molecular formula is C11H8FNO. The van der Waals surface area contributed by atoms with Gasteiger partial charge >= 0.3 is 0 Å². The highest BCUT2D eigenvalue weighted by Gasteiger charge is 2.03. The number of pyridine rings is 1. The second kappa shape index (κ2) is 3.46. The molecule has 0 aliphatic heterocycles. The molecule has 0 atom stereocenters. The molecule has 0 spiro atoms. The molecule has 1 aromatic heterocycles. The maximum Gasteiger partial charge on any atom is 0.250 e. The highest BCUT2D eigenvalue weighted by atomic mass is 19.1. The molecule has 3 heteroatoms. The number of aromatic amines is 1. The molecule has 2 nitrogen and oxygen atoms in total. The first-order valence-electron chi connectivity index (χ1n) is 4.21. The van der Waals surface area contributed by atoms with Crippen LogP contribution in [0.1, 0.15) is 0 Å². The minimum atomic E-state index is -0.594. The Hall–Kier alpha value is -1.90. The predicted molar refractivity (Wildman–Crippen MR) is 52.5 cm³/mol. The van der Waals surface area contributed by atoms with Crippen LogP contribution < -0.4 is 5.56 Å². The predicted octanol–water partition coefficient (Wildman–Crippen LogP) is 2.18. The van der Waals surface area contributed by atoms with E-state index in [9.17, 15) is 9.18 Å². The van der Waals surface area contributed by atoms with E-state index in [4.69, 9.17) is 0 Å². The van der Waals surface area contributed by atoms with Crippen LogP contribution in [0.3, 0.4) is 0 Å². The minimum Gasteiger partial charge on any atom is -0.298 e. The minimum absolute atomic E-state index is 0.408. The average molecular weight is 189 g/mol. The van der Waals surface area contributed by atoms with Gasteiger partial charge in [-0.05, 0) is 11.6 Å². The van der Waals surface area contributed by atoms with E-state index in [0.717, 1.165) is 5.56 Å². The first kappa shape index (κ1) is 8.69. The fourth-order valence-corrected chi connectivity index (χ4v) is 1.29. The van der Waals surface area contributed by atoms with E-state index in [1.54, 1.807) is 12.1 Å². The number of H-pyrrole nitrogens is 1. The summed E-state index contributed by atoms with van der Waals surface area (Å²) in [6.07, 6.45) is 0. The Morgan fingerprint density at radius 3 is 2.36 bits per heavy atom. The summed E-state index contributed by atoms with van der Waals surface area (Å²) < 4.78 is 13.3. The van der Waals surface area contributed by atoms with Gasteiger partial charge in [-0.2, -0.15) is 4.39 Å². The molecule has 0 radical (unpaired) electrons. The molecule has 0 fully saturated rings. The zero-order chi connectivity index (χ0) is 9.97. The van der Waals surface area contributed by atoms with E-state index in [0.29, 0.717) is 5.56 Å². The number of aromatic nitrogens is 1. The Balaban J connectivity index is 2.58. The van der Waals surface area contributed by atoms with Crippen LogP contribution in [-0.2, 0) is 0 Å². The highest BCUT2D eigenvalue weighted by Crippen LogP contribution is 2.19. The molecule has 0 unspecified atom stereocenters. The lowest BCUT2D eigenvalue weighted by Gasteiger charge is -2.01. The Kier molecular flexibility index (Phi) is 2.14. The number of rotatable bonds is 1. The summed E-state index contributed by atoms with van der Waals surface area (Å²) in [5, 5.41) is 0. The fraction of sp³-hybridized carbons (Fsp3) is 0. The van der Waals surface area contributed by atoms with E-state index in [1.165, 1.54) is 12.1 Å². The van der Waals surface area contributed by atoms with Crippen molar-refractivity contribution in [2.75, 3.05) is 0 Å². The normalized spacial score (nSPS) is 10.1. The molecule has 0 aliphatic rings. The van der Waals surface area contributed by atoms with Gasteiger partial charge in [0.05, 0.1) is 0 Å². The van der Waals surface area contributed by atoms with Gasteiger partial charge in [-0.3, -0.25) is 9.78 Å². The maximum atomic E-state index is 13.3. The van der Waals surface area contributed by atoms with Crippen molar-refractivity contribution in [2.24, 2.45) is 0 Å². The second-order valence-corrected chi connectivity index (χ2v) is 2.92. The summed E-state index contributed by atoms with van der Waals surface area (Å²) in [7, 11) is 0. The van der Waals surface area contributed by atoms with Crippen LogP contribution >= 0.6 is 0 Å². The van der Waals surface area contributed by atoms with Crippen molar-refractivity contribution >= 4 is 0 Å². The summed E-state index contributed by atoms with van der Waals surface area (Å²) in [5.74, 6) is -0.594. The lowest BCUT2D eigenvalue weighted by atomic mass is 10.1. The lowest BCUT2D eigenvalue weighted by molar-refractivity contribution is 0.583. The van der Waals surface area contributed by atoms with Gasteiger partial charge in [-0.25, -0.2) is 0 Å². The topological polar surface area (TPSA) is 32.9 Å². The molecule has 0 saturated heterocycles. The molecule has 70 valence electrons. The molecule has 1 N–H and O–H groups in total. The van der Waals surface area contributed by atoms with E-state index >= 15 is 0 Å². The van der Waals surface area contributed by atoms with E-state index in [1.807, 2.05) is 18.2 Å². The Bertz CT molecular complexity index is 490. The van der Waals surface area contributed by atoms with Gasteiger partial charge in [0, 0.05) is 11.6 Å². The molecule has 0 bridgehead atoms. The summed E-state index contributed by atoms with van der Waals surface area (Å²) in [5.41, 5.74) is 0.730. The zero-order valence-electron chi connectivity index (χ0n) is 7.33. The Labute approximate surface area is 80.0 Å².